The molecule has 0 spiro atoms. The van der Waals surface area contributed by atoms with Crippen molar-refractivity contribution in [3.63, 3.8) is 0 Å². The number of esters is 1. The van der Waals surface area contributed by atoms with Crippen molar-refractivity contribution in [1.82, 2.24) is 16.0 Å². The summed E-state index contributed by atoms with van der Waals surface area (Å²) in [5.41, 5.74) is 0.323. The molecule has 29 heavy (non-hydrogen) atoms. The van der Waals surface area contributed by atoms with Gasteiger partial charge in [-0.2, -0.15) is 0 Å². The van der Waals surface area contributed by atoms with Gasteiger partial charge in [-0.05, 0) is 43.3 Å². The van der Waals surface area contributed by atoms with Gasteiger partial charge in [-0.15, -0.1) is 0 Å². The summed E-state index contributed by atoms with van der Waals surface area (Å²) in [4.78, 5) is 46.6. The molecule has 152 valence electrons. The molecule has 3 N–H and O–H groups in total. The molecule has 0 heterocycles. The minimum atomic E-state index is -1.19. The Bertz CT molecular complexity index is 868. The number of hydrogen-bond acceptors (Lipinski definition) is 6. The fraction of sp³-hybridized carbons (Fsp3) is 0.200. The van der Waals surface area contributed by atoms with Crippen LogP contribution in [0.2, 0.25) is 0 Å². The normalized spacial score (nSPS) is 11.0. The van der Waals surface area contributed by atoms with Crippen molar-refractivity contribution in [3.8, 4) is 11.5 Å². The van der Waals surface area contributed by atoms with Crippen LogP contribution in [0, 0.1) is 0 Å². The molecule has 0 aromatic heterocycles. The molecular formula is C20H21N3O6. The number of carbonyl (C=O) groups excluding carboxylic acids is 4. The SMILES string of the molecule is CNC(=O)NC(=O)C(C)OC(=O)CNC(=O)c1ccc(Oc2ccccc2)cc1. The Morgan fingerprint density at radius 3 is 2.17 bits per heavy atom. The van der Waals surface area contributed by atoms with E-state index in [-0.39, 0.29) is 0 Å². The average molecular weight is 399 g/mol. The van der Waals surface area contributed by atoms with Crippen molar-refractivity contribution in [1.29, 1.82) is 0 Å². The summed E-state index contributed by atoms with van der Waals surface area (Å²) >= 11 is 0. The Labute approximate surface area is 167 Å². The van der Waals surface area contributed by atoms with Crippen molar-refractivity contribution in [3.05, 3.63) is 60.2 Å². The molecule has 0 aliphatic carbocycles. The van der Waals surface area contributed by atoms with Crippen LogP contribution in [-0.2, 0) is 14.3 Å². The molecule has 0 fully saturated rings. The molecule has 2 aromatic carbocycles. The Hall–Kier alpha value is -3.88. The molecule has 2 rings (SSSR count). The molecule has 4 amide bonds. The van der Waals surface area contributed by atoms with Gasteiger partial charge in [0.2, 0.25) is 0 Å². The molecule has 0 aliphatic heterocycles. The first kappa shape index (κ1) is 21.4. The standard InChI is InChI=1S/C20H21N3O6/c1-13(18(25)23-20(27)21-2)28-17(24)12-22-19(26)14-8-10-16(11-9-14)29-15-6-4-3-5-7-15/h3-11,13H,12H2,1-2H3,(H,22,26)(H2,21,23,25,27). The number of nitrogens with one attached hydrogen (secondary N) is 3. The van der Waals surface area contributed by atoms with Gasteiger partial charge in [0, 0.05) is 12.6 Å². The monoisotopic (exact) mass is 399 g/mol. The van der Waals surface area contributed by atoms with E-state index in [1.54, 1.807) is 24.3 Å². The minimum absolute atomic E-state index is 0.323. The van der Waals surface area contributed by atoms with Crippen LogP contribution in [0.15, 0.2) is 54.6 Å². The van der Waals surface area contributed by atoms with E-state index in [2.05, 4.69) is 10.6 Å². The van der Waals surface area contributed by atoms with Crippen LogP contribution in [0.4, 0.5) is 4.79 Å². The van der Waals surface area contributed by atoms with Gasteiger partial charge in [0.05, 0.1) is 0 Å². The van der Waals surface area contributed by atoms with E-state index in [1.165, 1.54) is 14.0 Å². The quantitative estimate of drug-likeness (QED) is 0.608. The van der Waals surface area contributed by atoms with Gasteiger partial charge < -0.3 is 20.1 Å². The zero-order chi connectivity index (χ0) is 21.2. The predicted octanol–water partition coefficient (Wildman–Crippen LogP) is 1.60. The van der Waals surface area contributed by atoms with Crippen LogP contribution in [0.3, 0.4) is 0 Å². The molecule has 9 heteroatoms. The lowest BCUT2D eigenvalue weighted by Gasteiger charge is -2.13. The predicted molar refractivity (Wildman–Crippen MR) is 103 cm³/mol. The van der Waals surface area contributed by atoms with Crippen LogP contribution in [-0.4, -0.2) is 43.5 Å². The van der Waals surface area contributed by atoms with Gasteiger partial charge >= 0.3 is 12.0 Å². The van der Waals surface area contributed by atoms with Crippen LogP contribution < -0.4 is 20.7 Å². The van der Waals surface area contributed by atoms with E-state index in [9.17, 15) is 19.2 Å². The van der Waals surface area contributed by atoms with Crippen molar-refractivity contribution in [2.75, 3.05) is 13.6 Å². The fourth-order valence-corrected chi connectivity index (χ4v) is 2.12. The highest BCUT2D eigenvalue weighted by Gasteiger charge is 2.20. The maximum absolute atomic E-state index is 12.1. The number of imide groups is 1. The second kappa shape index (κ2) is 10.5. The highest BCUT2D eigenvalue weighted by Crippen LogP contribution is 2.21. The number of carbonyl (C=O) groups is 4. The smallest absolute Gasteiger partial charge is 0.326 e. The van der Waals surface area contributed by atoms with E-state index >= 15 is 0 Å². The molecule has 0 saturated heterocycles. The highest BCUT2D eigenvalue weighted by atomic mass is 16.5. The Kier molecular flexibility index (Phi) is 7.72. The van der Waals surface area contributed by atoms with Crippen molar-refractivity contribution < 1.29 is 28.7 Å². The van der Waals surface area contributed by atoms with Gasteiger partial charge in [-0.3, -0.25) is 19.7 Å². The summed E-state index contributed by atoms with van der Waals surface area (Å²) in [6.45, 7) is 0.877. The van der Waals surface area contributed by atoms with E-state index in [0.29, 0.717) is 17.1 Å². The molecule has 0 saturated carbocycles. The first-order chi connectivity index (χ1) is 13.9. The van der Waals surface area contributed by atoms with Gasteiger partial charge in [-0.25, -0.2) is 4.79 Å². The lowest BCUT2D eigenvalue weighted by Crippen LogP contribution is -2.44. The van der Waals surface area contributed by atoms with E-state index in [1.807, 2.05) is 35.6 Å². The van der Waals surface area contributed by atoms with Crippen LogP contribution in [0.1, 0.15) is 17.3 Å². The van der Waals surface area contributed by atoms with Crippen LogP contribution in [0.5, 0.6) is 11.5 Å². The van der Waals surface area contributed by atoms with Crippen LogP contribution >= 0.6 is 0 Å². The van der Waals surface area contributed by atoms with Gasteiger partial charge in [0.15, 0.2) is 6.10 Å². The van der Waals surface area contributed by atoms with E-state index in [0.717, 1.165) is 0 Å². The third kappa shape index (κ3) is 6.98. The zero-order valence-electron chi connectivity index (χ0n) is 15.9. The molecule has 9 nitrogen and oxygen atoms in total. The van der Waals surface area contributed by atoms with Crippen molar-refractivity contribution in [2.24, 2.45) is 0 Å². The number of urea groups is 1. The summed E-state index contributed by atoms with van der Waals surface area (Å²) in [6.07, 6.45) is -1.19. The summed E-state index contributed by atoms with van der Waals surface area (Å²) in [6, 6.07) is 14.8. The molecule has 0 bridgehead atoms. The van der Waals surface area contributed by atoms with Crippen molar-refractivity contribution >= 4 is 23.8 Å². The number of rotatable bonds is 7. The largest absolute Gasteiger partial charge is 0.457 e. The van der Waals surface area contributed by atoms with E-state index in [4.69, 9.17) is 9.47 Å². The summed E-state index contributed by atoms with van der Waals surface area (Å²) in [7, 11) is 1.34. The minimum Gasteiger partial charge on any atom is -0.457 e. The first-order valence-corrected chi connectivity index (χ1v) is 8.72. The summed E-state index contributed by atoms with van der Waals surface area (Å²) < 4.78 is 10.5. The Balaban J connectivity index is 1.80. The van der Waals surface area contributed by atoms with Gasteiger partial charge in [0.25, 0.3) is 11.8 Å². The molecule has 2 aromatic rings. The molecular weight excluding hydrogens is 378 g/mol. The Morgan fingerprint density at radius 2 is 1.55 bits per heavy atom. The average Bonchev–Trinajstić information content (AvgIpc) is 2.73. The Morgan fingerprint density at radius 1 is 0.931 bits per heavy atom. The number of ether oxygens (including phenoxy) is 2. The van der Waals surface area contributed by atoms with Gasteiger partial charge in [-0.1, -0.05) is 18.2 Å². The maximum Gasteiger partial charge on any atom is 0.326 e. The third-order valence-electron chi connectivity index (χ3n) is 3.63. The molecule has 0 radical (unpaired) electrons. The summed E-state index contributed by atoms with van der Waals surface area (Å²) in [5.74, 6) is -0.860. The topological polar surface area (TPSA) is 123 Å². The second-order valence-corrected chi connectivity index (χ2v) is 5.82. The number of hydrogen-bond donors (Lipinski definition) is 3. The summed E-state index contributed by atoms with van der Waals surface area (Å²) in [5, 5.41) is 6.58. The highest BCUT2D eigenvalue weighted by molar-refractivity contribution is 5.98. The first-order valence-electron chi connectivity index (χ1n) is 8.72. The molecule has 1 atom stereocenters. The number of para-hydroxylation sites is 1. The van der Waals surface area contributed by atoms with Crippen LogP contribution in [0.25, 0.3) is 0 Å². The molecule has 1 unspecified atom stereocenters. The van der Waals surface area contributed by atoms with Gasteiger partial charge in [0.1, 0.15) is 18.0 Å². The van der Waals surface area contributed by atoms with Crippen molar-refractivity contribution in [2.45, 2.75) is 13.0 Å². The number of benzene rings is 2. The lowest BCUT2D eigenvalue weighted by molar-refractivity contribution is -0.153. The lowest BCUT2D eigenvalue weighted by atomic mass is 10.2. The maximum atomic E-state index is 12.1. The zero-order valence-corrected chi connectivity index (χ0v) is 15.9. The fourth-order valence-electron chi connectivity index (χ4n) is 2.12. The van der Waals surface area contributed by atoms with E-state index < -0.39 is 36.5 Å². The molecule has 0 aliphatic rings. The number of amides is 4. The second-order valence-electron chi connectivity index (χ2n) is 5.82. The third-order valence-corrected chi connectivity index (χ3v) is 3.63.